The molecule has 5 atom stereocenters. The van der Waals surface area contributed by atoms with Crippen LogP contribution in [0.4, 0.5) is 0 Å². The Morgan fingerprint density at radius 3 is 2.61 bits per heavy atom. The van der Waals surface area contributed by atoms with Gasteiger partial charge in [0, 0.05) is 29.7 Å². The number of likely N-dealkylation sites (tertiary alicyclic amines) is 2. The van der Waals surface area contributed by atoms with Crippen LogP contribution in [0.5, 0.6) is 0 Å². The van der Waals surface area contributed by atoms with Gasteiger partial charge >= 0.3 is 0 Å². The molecule has 0 spiro atoms. The van der Waals surface area contributed by atoms with Crippen LogP contribution in [0.25, 0.3) is 0 Å². The lowest BCUT2D eigenvalue weighted by Gasteiger charge is -2.53. The molecular formula is C24H29N3O. The molecule has 5 rings (SSSR count). The first-order valence-electron chi connectivity index (χ1n) is 10.6. The molecule has 4 nitrogen and oxygen atoms in total. The smallest absolute Gasteiger partial charge is 0.273 e. The summed E-state index contributed by atoms with van der Waals surface area (Å²) in [6.07, 6.45) is 7.40. The fourth-order valence-corrected chi connectivity index (χ4v) is 6.44. The Kier molecular flexibility index (Phi) is 4.27. The number of amides is 1. The van der Waals surface area contributed by atoms with Crippen LogP contribution < -0.4 is 0 Å². The molecule has 3 aliphatic rings. The van der Waals surface area contributed by atoms with Gasteiger partial charge < -0.3 is 4.90 Å². The summed E-state index contributed by atoms with van der Waals surface area (Å²) >= 11 is 0. The first-order valence-corrected chi connectivity index (χ1v) is 10.6. The van der Waals surface area contributed by atoms with E-state index in [-0.39, 0.29) is 17.4 Å². The predicted molar refractivity (Wildman–Crippen MR) is 110 cm³/mol. The lowest BCUT2D eigenvalue weighted by atomic mass is 9.64. The minimum Gasteiger partial charge on any atom is -0.329 e. The average Bonchev–Trinajstić information content (AvgIpc) is 3.00. The number of rotatable bonds is 3. The standard InChI is InChI=1S/C24H29N3O/c1-24-16-20-19(15-17-9-4-3-5-10-17)27(23(28)18-11-6-7-14-25-18)22(24)13-8-12-21(24)26(20)2/h3-7,9-11,14,19-22H,8,12-13,15-16H2,1-2H3/t19-,20+,21+,22-,24+/m1/s1. The molecule has 0 radical (unpaired) electrons. The number of likely N-dealkylation sites (N-methyl/N-ethyl adjacent to an activating group) is 1. The van der Waals surface area contributed by atoms with Crippen molar-refractivity contribution < 1.29 is 4.79 Å². The third-order valence-electron chi connectivity index (χ3n) is 7.68. The van der Waals surface area contributed by atoms with Crippen molar-refractivity contribution in [3.8, 4) is 0 Å². The molecule has 2 bridgehead atoms. The van der Waals surface area contributed by atoms with Crippen molar-refractivity contribution in [3.63, 3.8) is 0 Å². The maximum Gasteiger partial charge on any atom is 0.273 e. The van der Waals surface area contributed by atoms with Gasteiger partial charge in [0.05, 0.1) is 6.04 Å². The number of pyridine rings is 1. The highest BCUT2D eigenvalue weighted by atomic mass is 16.2. The van der Waals surface area contributed by atoms with Crippen LogP contribution in [0.1, 0.15) is 48.7 Å². The highest BCUT2D eigenvalue weighted by molar-refractivity contribution is 5.93. The van der Waals surface area contributed by atoms with E-state index in [1.54, 1.807) is 6.20 Å². The summed E-state index contributed by atoms with van der Waals surface area (Å²) in [6, 6.07) is 17.8. The van der Waals surface area contributed by atoms with Crippen molar-refractivity contribution in [3.05, 3.63) is 66.0 Å². The zero-order chi connectivity index (χ0) is 19.3. The van der Waals surface area contributed by atoms with E-state index in [0.29, 0.717) is 23.8 Å². The number of carbonyl (C=O) groups excluding carboxylic acids is 1. The van der Waals surface area contributed by atoms with Crippen LogP contribution in [0, 0.1) is 5.41 Å². The van der Waals surface area contributed by atoms with Crippen LogP contribution >= 0.6 is 0 Å². The van der Waals surface area contributed by atoms with Crippen molar-refractivity contribution in [2.24, 2.45) is 5.41 Å². The summed E-state index contributed by atoms with van der Waals surface area (Å²) in [4.78, 5) is 23.0. The largest absolute Gasteiger partial charge is 0.329 e. The molecule has 1 aromatic carbocycles. The molecule has 0 N–H and O–H groups in total. The summed E-state index contributed by atoms with van der Waals surface area (Å²) in [5.41, 5.74) is 2.08. The maximum absolute atomic E-state index is 13.7. The second kappa shape index (κ2) is 6.70. The number of carbonyl (C=O) groups is 1. The summed E-state index contributed by atoms with van der Waals surface area (Å²) in [5.74, 6) is 0.110. The van der Waals surface area contributed by atoms with Gasteiger partial charge in [-0.25, -0.2) is 0 Å². The highest BCUT2D eigenvalue weighted by Gasteiger charge is 2.62. The van der Waals surface area contributed by atoms with E-state index in [1.807, 2.05) is 18.2 Å². The molecule has 4 heteroatoms. The van der Waals surface area contributed by atoms with Crippen molar-refractivity contribution in [1.82, 2.24) is 14.8 Å². The second-order valence-electron chi connectivity index (χ2n) is 9.09. The summed E-state index contributed by atoms with van der Waals surface area (Å²) < 4.78 is 0. The fourth-order valence-electron chi connectivity index (χ4n) is 6.44. The van der Waals surface area contributed by atoms with Gasteiger partial charge in [-0.2, -0.15) is 0 Å². The molecule has 2 aliphatic heterocycles. The van der Waals surface area contributed by atoms with Crippen LogP contribution in [-0.2, 0) is 6.42 Å². The number of nitrogens with zero attached hydrogens (tertiary/aromatic N) is 3. The minimum absolute atomic E-state index is 0.110. The number of fused-ring (bicyclic) bond motifs is 1. The number of benzene rings is 1. The Morgan fingerprint density at radius 1 is 1.11 bits per heavy atom. The SMILES string of the molecule is CN1[C@H]2CCC[C@H]3N(C(=O)c4ccccn4)[C@H](Cc4ccccc4)[C@@H]1C[C@@]23C. The van der Waals surface area contributed by atoms with Gasteiger partial charge in [0.2, 0.25) is 0 Å². The number of hydrogen-bond donors (Lipinski definition) is 0. The van der Waals surface area contributed by atoms with Gasteiger partial charge in [-0.15, -0.1) is 0 Å². The molecule has 1 aromatic heterocycles. The molecule has 1 aliphatic carbocycles. The minimum atomic E-state index is 0.110. The van der Waals surface area contributed by atoms with Crippen LogP contribution in [0.15, 0.2) is 54.7 Å². The lowest BCUT2D eigenvalue weighted by molar-refractivity contribution is -0.0115. The molecule has 1 saturated carbocycles. The molecule has 2 aromatic rings. The number of piperidine rings is 1. The Labute approximate surface area is 167 Å². The third-order valence-corrected chi connectivity index (χ3v) is 7.68. The predicted octanol–water partition coefficient (Wildman–Crippen LogP) is 3.78. The summed E-state index contributed by atoms with van der Waals surface area (Å²) in [7, 11) is 2.29. The topological polar surface area (TPSA) is 36.4 Å². The van der Waals surface area contributed by atoms with E-state index in [0.717, 1.165) is 12.8 Å². The van der Waals surface area contributed by atoms with Crippen LogP contribution in [0.2, 0.25) is 0 Å². The Morgan fingerprint density at radius 2 is 1.86 bits per heavy atom. The highest BCUT2D eigenvalue weighted by Crippen LogP contribution is 2.56. The van der Waals surface area contributed by atoms with Crippen LogP contribution in [-0.4, -0.2) is 51.9 Å². The first-order chi connectivity index (χ1) is 13.6. The van der Waals surface area contributed by atoms with E-state index < -0.39 is 0 Å². The van der Waals surface area contributed by atoms with Crippen molar-refractivity contribution >= 4 is 5.91 Å². The number of aromatic nitrogens is 1. The fraction of sp³-hybridized carbons (Fsp3) is 0.500. The first kappa shape index (κ1) is 17.9. The Bertz CT molecular complexity index is 855. The average molecular weight is 376 g/mol. The molecular weight excluding hydrogens is 346 g/mol. The number of hydrogen-bond acceptors (Lipinski definition) is 3. The Hall–Kier alpha value is -2.20. The molecule has 1 amide bonds. The van der Waals surface area contributed by atoms with E-state index in [1.165, 1.54) is 24.8 Å². The van der Waals surface area contributed by atoms with Gasteiger partial charge in [-0.05, 0) is 56.8 Å². The molecule has 0 unspecified atom stereocenters. The third kappa shape index (κ3) is 2.61. The van der Waals surface area contributed by atoms with Gasteiger partial charge in [0.15, 0.2) is 0 Å². The zero-order valence-corrected chi connectivity index (χ0v) is 16.8. The van der Waals surface area contributed by atoms with Gasteiger partial charge in [-0.1, -0.05) is 43.3 Å². The van der Waals surface area contributed by atoms with Crippen molar-refractivity contribution in [1.29, 1.82) is 0 Å². The quantitative estimate of drug-likeness (QED) is 0.819. The molecule has 2 saturated heterocycles. The molecule has 3 heterocycles. The van der Waals surface area contributed by atoms with Crippen molar-refractivity contribution in [2.75, 3.05) is 7.05 Å². The monoisotopic (exact) mass is 375 g/mol. The van der Waals surface area contributed by atoms with Gasteiger partial charge in [-0.3, -0.25) is 14.7 Å². The zero-order valence-electron chi connectivity index (χ0n) is 16.8. The molecule has 3 fully saturated rings. The van der Waals surface area contributed by atoms with E-state index in [2.05, 4.69) is 59.1 Å². The Balaban J connectivity index is 1.58. The van der Waals surface area contributed by atoms with E-state index in [9.17, 15) is 4.79 Å². The lowest BCUT2D eigenvalue weighted by Crippen LogP contribution is -2.62. The van der Waals surface area contributed by atoms with Crippen LogP contribution in [0.3, 0.4) is 0 Å². The second-order valence-corrected chi connectivity index (χ2v) is 9.09. The van der Waals surface area contributed by atoms with E-state index in [4.69, 9.17) is 0 Å². The van der Waals surface area contributed by atoms with Gasteiger partial charge in [0.25, 0.3) is 5.91 Å². The van der Waals surface area contributed by atoms with Gasteiger partial charge in [0.1, 0.15) is 5.69 Å². The van der Waals surface area contributed by atoms with Crippen molar-refractivity contribution in [2.45, 2.75) is 63.2 Å². The maximum atomic E-state index is 13.7. The molecule has 28 heavy (non-hydrogen) atoms. The van der Waals surface area contributed by atoms with E-state index >= 15 is 0 Å². The normalized spacial score (nSPS) is 34.4. The molecule has 146 valence electrons. The summed E-state index contributed by atoms with van der Waals surface area (Å²) in [6.45, 7) is 2.43. The summed E-state index contributed by atoms with van der Waals surface area (Å²) in [5, 5.41) is 0.